The molecule has 3 atom stereocenters. The van der Waals surface area contributed by atoms with Gasteiger partial charge in [-0.3, -0.25) is 4.79 Å². The van der Waals surface area contributed by atoms with Crippen molar-refractivity contribution in [3.05, 3.63) is 17.8 Å². The van der Waals surface area contributed by atoms with Crippen molar-refractivity contribution in [3.63, 3.8) is 0 Å². The second kappa shape index (κ2) is 7.95. The number of rotatable bonds is 6. The van der Waals surface area contributed by atoms with Gasteiger partial charge < -0.3 is 20.3 Å². The zero-order valence-corrected chi connectivity index (χ0v) is 16.5. The van der Waals surface area contributed by atoms with Crippen molar-refractivity contribution in [2.24, 2.45) is 17.8 Å². The van der Waals surface area contributed by atoms with Gasteiger partial charge >= 0.3 is 0 Å². The van der Waals surface area contributed by atoms with Crippen LogP contribution in [0, 0.1) is 17.8 Å². The molecule has 0 aromatic carbocycles. The molecule has 4 aliphatic rings. The van der Waals surface area contributed by atoms with Crippen LogP contribution in [-0.2, 0) is 4.74 Å². The van der Waals surface area contributed by atoms with Crippen LogP contribution in [0.2, 0.25) is 0 Å². The largest absolute Gasteiger partial charge is 0.381 e. The molecule has 1 amide bonds. The Morgan fingerprint density at radius 2 is 1.79 bits per heavy atom. The van der Waals surface area contributed by atoms with Crippen molar-refractivity contribution in [2.75, 3.05) is 38.2 Å². The number of aromatic nitrogens is 2. The number of likely N-dealkylation sites (tertiary alicyclic amines) is 1. The molecule has 0 unspecified atom stereocenters. The third-order valence-electron chi connectivity index (χ3n) is 6.85. The lowest BCUT2D eigenvalue weighted by molar-refractivity contribution is 0.0545. The number of fused-ring (bicyclic) bond motifs is 1. The summed E-state index contributed by atoms with van der Waals surface area (Å²) in [7, 11) is 0. The molecule has 3 heterocycles. The highest BCUT2D eigenvalue weighted by Crippen LogP contribution is 2.39. The zero-order chi connectivity index (χ0) is 18.9. The summed E-state index contributed by atoms with van der Waals surface area (Å²) < 4.78 is 5.49. The number of carbonyl (C=O) groups excluding carboxylic acids is 1. The van der Waals surface area contributed by atoms with Crippen LogP contribution in [0.3, 0.4) is 0 Å². The summed E-state index contributed by atoms with van der Waals surface area (Å²) in [5, 5.41) is 14.8. The van der Waals surface area contributed by atoms with E-state index in [2.05, 4.69) is 25.7 Å². The minimum absolute atomic E-state index is 0.110. The average Bonchev–Trinajstić information content (AvgIpc) is 3.33. The molecular formula is C21H31N5O2. The maximum Gasteiger partial charge on any atom is 0.272 e. The normalized spacial score (nSPS) is 30.9. The van der Waals surface area contributed by atoms with Crippen molar-refractivity contribution >= 4 is 11.7 Å². The lowest BCUT2D eigenvalue weighted by atomic mass is 10.00. The molecule has 7 heteroatoms. The van der Waals surface area contributed by atoms with Crippen LogP contribution in [0.15, 0.2) is 12.1 Å². The molecule has 0 bridgehead atoms. The number of amides is 1. The van der Waals surface area contributed by atoms with Gasteiger partial charge in [-0.15, -0.1) is 10.2 Å². The summed E-state index contributed by atoms with van der Waals surface area (Å²) in [5.41, 5.74) is 0.407. The van der Waals surface area contributed by atoms with E-state index < -0.39 is 0 Å². The number of nitrogens with one attached hydrogen (secondary N) is 2. The first-order valence-corrected chi connectivity index (χ1v) is 10.9. The second-order valence-electron chi connectivity index (χ2n) is 9.16. The Hall–Kier alpha value is -1.73. The standard InChI is InChI=1S/C21H31N5O2/c27-21(23-17-1-2-17)19-3-4-20(25-24-19)22-18-9-15-12-26(13-16(15)10-18)11-14-5-7-28-8-6-14/h3-4,14-18H,1-2,5-13H2,(H,22,25)(H,23,27)/t15-,16+,18+. The Morgan fingerprint density at radius 1 is 1.04 bits per heavy atom. The minimum Gasteiger partial charge on any atom is -0.381 e. The molecule has 2 saturated heterocycles. The van der Waals surface area contributed by atoms with Gasteiger partial charge in [0, 0.05) is 44.9 Å². The van der Waals surface area contributed by atoms with E-state index in [0.717, 1.165) is 49.6 Å². The molecule has 2 aliphatic carbocycles. The van der Waals surface area contributed by atoms with Gasteiger partial charge in [-0.1, -0.05) is 0 Å². The Kier molecular flexibility index (Phi) is 5.20. The molecule has 5 rings (SSSR count). The maximum atomic E-state index is 12.0. The van der Waals surface area contributed by atoms with Crippen molar-refractivity contribution in [1.82, 2.24) is 20.4 Å². The van der Waals surface area contributed by atoms with Crippen molar-refractivity contribution < 1.29 is 9.53 Å². The monoisotopic (exact) mass is 385 g/mol. The Balaban J connectivity index is 1.08. The highest BCUT2D eigenvalue weighted by atomic mass is 16.5. The number of anilines is 1. The summed E-state index contributed by atoms with van der Waals surface area (Å²) in [4.78, 5) is 14.7. The number of nitrogens with zero attached hydrogens (tertiary/aromatic N) is 3. The molecule has 2 aliphatic heterocycles. The molecule has 2 N–H and O–H groups in total. The van der Waals surface area contributed by atoms with Crippen molar-refractivity contribution in [1.29, 1.82) is 0 Å². The molecule has 7 nitrogen and oxygen atoms in total. The van der Waals surface area contributed by atoms with Crippen LogP contribution < -0.4 is 10.6 Å². The van der Waals surface area contributed by atoms with Gasteiger partial charge in [-0.2, -0.15) is 0 Å². The lowest BCUT2D eigenvalue weighted by Crippen LogP contribution is -2.32. The topological polar surface area (TPSA) is 79.4 Å². The van der Waals surface area contributed by atoms with E-state index in [9.17, 15) is 4.79 Å². The van der Waals surface area contributed by atoms with E-state index in [4.69, 9.17) is 4.74 Å². The highest BCUT2D eigenvalue weighted by molar-refractivity contribution is 5.92. The smallest absolute Gasteiger partial charge is 0.272 e. The molecular weight excluding hydrogens is 354 g/mol. The molecule has 1 aromatic rings. The fourth-order valence-corrected chi connectivity index (χ4v) is 5.18. The average molecular weight is 386 g/mol. The predicted octanol–water partition coefficient (Wildman–Crippen LogP) is 1.92. The first-order valence-electron chi connectivity index (χ1n) is 10.9. The Bertz CT molecular complexity index is 673. The fourth-order valence-electron chi connectivity index (χ4n) is 5.18. The summed E-state index contributed by atoms with van der Waals surface area (Å²) >= 11 is 0. The summed E-state index contributed by atoms with van der Waals surface area (Å²) in [6.07, 6.45) is 7.03. The van der Waals surface area contributed by atoms with E-state index in [0.29, 0.717) is 17.8 Å². The molecule has 4 fully saturated rings. The molecule has 2 saturated carbocycles. The van der Waals surface area contributed by atoms with E-state index in [-0.39, 0.29) is 5.91 Å². The number of hydrogen-bond donors (Lipinski definition) is 2. The van der Waals surface area contributed by atoms with Crippen LogP contribution in [-0.4, -0.2) is 65.9 Å². The first kappa shape index (κ1) is 18.3. The first-order chi connectivity index (χ1) is 13.7. The van der Waals surface area contributed by atoms with Gasteiger partial charge in [0.2, 0.25) is 0 Å². The van der Waals surface area contributed by atoms with Crippen molar-refractivity contribution in [2.45, 2.75) is 50.6 Å². The lowest BCUT2D eigenvalue weighted by Gasteiger charge is -2.27. The molecule has 0 radical (unpaired) electrons. The number of ether oxygens (including phenoxy) is 1. The number of carbonyl (C=O) groups is 1. The summed E-state index contributed by atoms with van der Waals surface area (Å²) in [5.74, 6) is 3.10. The predicted molar refractivity (Wildman–Crippen MR) is 106 cm³/mol. The molecule has 0 spiro atoms. The summed E-state index contributed by atoms with van der Waals surface area (Å²) in [6.45, 7) is 5.63. The van der Waals surface area contributed by atoms with E-state index >= 15 is 0 Å². The quantitative estimate of drug-likeness (QED) is 0.779. The van der Waals surface area contributed by atoms with Crippen LogP contribution in [0.5, 0.6) is 0 Å². The molecule has 28 heavy (non-hydrogen) atoms. The third kappa shape index (κ3) is 4.30. The third-order valence-corrected chi connectivity index (χ3v) is 6.85. The van der Waals surface area contributed by atoms with Gasteiger partial charge in [-0.25, -0.2) is 0 Å². The van der Waals surface area contributed by atoms with Crippen LogP contribution >= 0.6 is 0 Å². The fraction of sp³-hybridized carbons (Fsp3) is 0.762. The molecule has 152 valence electrons. The van der Waals surface area contributed by atoms with E-state index in [1.165, 1.54) is 45.3 Å². The van der Waals surface area contributed by atoms with Gasteiger partial charge in [0.15, 0.2) is 5.69 Å². The van der Waals surface area contributed by atoms with E-state index in [1.807, 2.05) is 6.07 Å². The summed E-state index contributed by atoms with van der Waals surface area (Å²) in [6, 6.07) is 4.48. The van der Waals surface area contributed by atoms with Gasteiger partial charge in [0.25, 0.3) is 5.91 Å². The van der Waals surface area contributed by atoms with Crippen LogP contribution in [0.4, 0.5) is 5.82 Å². The van der Waals surface area contributed by atoms with Crippen molar-refractivity contribution in [3.8, 4) is 0 Å². The van der Waals surface area contributed by atoms with Crippen LogP contribution in [0.1, 0.15) is 49.0 Å². The Morgan fingerprint density at radius 3 is 2.43 bits per heavy atom. The highest BCUT2D eigenvalue weighted by Gasteiger charge is 2.41. The zero-order valence-electron chi connectivity index (χ0n) is 16.5. The van der Waals surface area contributed by atoms with Gasteiger partial charge in [0.05, 0.1) is 0 Å². The second-order valence-corrected chi connectivity index (χ2v) is 9.16. The SMILES string of the molecule is O=C(NC1CC1)c1ccc(N[C@H]2C[C@@H]3CN(CC4CCOCC4)C[C@@H]3C2)nn1. The van der Waals surface area contributed by atoms with Gasteiger partial charge in [0.1, 0.15) is 5.82 Å². The van der Waals surface area contributed by atoms with Gasteiger partial charge in [-0.05, 0) is 68.4 Å². The Labute approximate surface area is 166 Å². The molecule has 1 aromatic heterocycles. The number of hydrogen-bond acceptors (Lipinski definition) is 6. The van der Waals surface area contributed by atoms with Crippen LogP contribution in [0.25, 0.3) is 0 Å². The van der Waals surface area contributed by atoms with E-state index in [1.54, 1.807) is 6.07 Å². The minimum atomic E-state index is -0.110. The maximum absolute atomic E-state index is 12.0.